The van der Waals surface area contributed by atoms with E-state index in [9.17, 15) is 39.0 Å². The van der Waals surface area contributed by atoms with Crippen molar-refractivity contribution < 1.29 is 39.0 Å². The lowest BCUT2D eigenvalue weighted by Crippen LogP contribution is -2.45. The molecule has 2 aliphatic rings. The van der Waals surface area contributed by atoms with Crippen LogP contribution in [0.5, 0.6) is 0 Å². The average Bonchev–Trinajstić information content (AvgIpc) is 3.07. The lowest BCUT2D eigenvalue weighted by molar-refractivity contribution is -0.149. The van der Waals surface area contributed by atoms with Crippen molar-refractivity contribution in [2.75, 3.05) is 11.5 Å². The molecule has 2 rings (SSSR count). The predicted octanol–water partition coefficient (Wildman–Crippen LogP) is -1.25. The summed E-state index contributed by atoms with van der Waals surface area (Å²) in [5.41, 5.74) is -4.47. The summed E-state index contributed by atoms with van der Waals surface area (Å²) in [6.45, 7) is 0. The van der Waals surface area contributed by atoms with Gasteiger partial charge >= 0.3 is 0 Å². The molecular formula is C18H24N2O8S. The van der Waals surface area contributed by atoms with Crippen molar-refractivity contribution in [2.24, 2.45) is 0 Å². The lowest BCUT2D eigenvalue weighted by Gasteiger charge is -2.16. The van der Waals surface area contributed by atoms with Gasteiger partial charge in [-0.05, 0) is 37.2 Å². The molecule has 2 unspecified atom stereocenters. The molecule has 2 saturated heterocycles. The Hall–Kier alpha value is -2.11. The number of imide groups is 2. The summed E-state index contributed by atoms with van der Waals surface area (Å²) >= 11 is 1.61. The summed E-state index contributed by atoms with van der Waals surface area (Å²) in [6.07, 6.45) is 1.28. The number of thioether (sulfide) groups is 1. The van der Waals surface area contributed by atoms with E-state index in [0.29, 0.717) is 25.7 Å². The highest BCUT2D eigenvalue weighted by molar-refractivity contribution is 7.99. The molecule has 0 aliphatic carbocycles. The Morgan fingerprint density at radius 3 is 1.45 bits per heavy atom. The highest BCUT2D eigenvalue weighted by atomic mass is 32.2. The highest BCUT2D eigenvalue weighted by Crippen LogP contribution is 2.22. The third kappa shape index (κ3) is 5.49. The van der Waals surface area contributed by atoms with Gasteiger partial charge in [-0.1, -0.05) is 0 Å². The van der Waals surface area contributed by atoms with Gasteiger partial charge in [-0.15, -0.1) is 0 Å². The number of aliphatic hydroxyl groups is 2. The van der Waals surface area contributed by atoms with Gasteiger partial charge in [0.05, 0.1) is 12.8 Å². The van der Waals surface area contributed by atoms with E-state index in [-0.39, 0.29) is 12.8 Å². The van der Waals surface area contributed by atoms with Gasteiger partial charge in [0, 0.05) is 12.8 Å². The summed E-state index contributed by atoms with van der Waals surface area (Å²) in [5.74, 6) is -3.06. The van der Waals surface area contributed by atoms with Gasteiger partial charge in [0.15, 0.2) is 11.6 Å². The molecule has 11 heteroatoms. The first kappa shape index (κ1) is 23.2. The molecule has 2 fully saturated rings. The smallest absolute Gasteiger partial charge is 0.266 e. The molecule has 2 aliphatic heterocycles. The quantitative estimate of drug-likeness (QED) is 0.169. The van der Waals surface area contributed by atoms with Crippen molar-refractivity contribution in [3.63, 3.8) is 0 Å². The van der Waals surface area contributed by atoms with Crippen LogP contribution in [0.1, 0.15) is 51.4 Å². The predicted molar refractivity (Wildman–Crippen MR) is 100 cm³/mol. The Labute approximate surface area is 171 Å². The molecule has 29 heavy (non-hydrogen) atoms. The molecular weight excluding hydrogens is 404 g/mol. The number of ketones is 2. The Kier molecular flexibility index (Phi) is 7.66. The minimum Gasteiger partial charge on any atom is -0.373 e. The average molecular weight is 428 g/mol. The first-order valence-corrected chi connectivity index (χ1v) is 10.5. The molecule has 4 N–H and O–H groups in total. The normalized spacial score (nSPS) is 26.6. The van der Waals surface area contributed by atoms with Crippen molar-refractivity contribution in [1.29, 1.82) is 0 Å². The minimum atomic E-state index is -2.23. The van der Waals surface area contributed by atoms with E-state index in [1.807, 2.05) is 10.6 Å². The summed E-state index contributed by atoms with van der Waals surface area (Å²) in [6, 6.07) is 0. The van der Waals surface area contributed by atoms with E-state index in [1.165, 1.54) is 0 Å². The maximum Gasteiger partial charge on any atom is 0.266 e. The first-order chi connectivity index (χ1) is 13.6. The summed E-state index contributed by atoms with van der Waals surface area (Å²) in [5, 5.41) is 23.8. The van der Waals surface area contributed by atoms with Crippen LogP contribution in [0.4, 0.5) is 0 Å². The summed E-state index contributed by atoms with van der Waals surface area (Å²) < 4.78 is 0. The van der Waals surface area contributed by atoms with Crippen molar-refractivity contribution in [1.82, 2.24) is 10.6 Å². The number of Topliss-reactive ketones (excluding diaryl/α,β-unsaturated/α-hetero) is 2. The van der Waals surface area contributed by atoms with Crippen LogP contribution in [0.3, 0.4) is 0 Å². The lowest BCUT2D eigenvalue weighted by atomic mass is 9.93. The number of hydrogen-bond acceptors (Lipinski definition) is 9. The molecule has 0 aromatic heterocycles. The number of carbonyl (C=O) groups excluding carboxylic acids is 6. The van der Waals surface area contributed by atoms with Gasteiger partial charge in [-0.3, -0.25) is 39.4 Å². The summed E-state index contributed by atoms with van der Waals surface area (Å²) in [7, 11) is 0. The van der Waals surface area contributed by atoms with E-state index >= 15 is 0 Å². The fourth-order valence-electron chi connectivity index (χ4n) is 3.12. The second-order valence-corrected chi connectivity index (χ2v) is 8.43. The standard InChI is InChI=1S/C18H24N2O8S/c21-11(17(27)9-13(23)19-15(17)25)5-1-3-7-29-8-4-2-6-12(22)18(28)10-14(24)20-16(18)26/h27-28H,1-10H2,(H,19,23,25)(H,20,24,26). The Balaban J connectivity index is 1.52. The Morgan fingerprint density at radius 2 is 1.14 bits per heavy atom. The van der Waals surface area contributed by atoms with Crippen LogP contribution >= 0.6 is 11.8 Å². The summed E-state index contributed by atoms with van der Waals surface area (Å²) in [4.78, 5) is 69.1. The fourth-order valence-corrected chi connectivity index (χ4v) is 4.14. The van der Waals surface area contributed by atoms with Crippen LogP contribution in [-0.4, -0.2) is 68.1 Å². The van der Waals surface area contributed by atoms with E-state index in [1.54, 1.807) is 11.8 Å². The van der Waals surface area contributed by atoms with Gasteiger partial charge in [0.1, 0.15) is 0 Å². The largest absolute Gasteiger partial charge is 0.373 e. The zero-order chi connectivity index (χ0) is 21.7. The first-order valence-electron chi connectivity index (χ1n) is 9.37. The van der Waals surface area contributed by atoms with Crippen LogP contribution in [0.2, 0.25) is 0 Å². The minimum absolute atomic E-state index is 0.00558. The number of amides is 4. The SMILES string of the molecule is O=C1CC(O)(C(=O)CCCCSCCCCC(=O)C2(O)CC(=O)NC2=O)C(=O)N1. The molecule has 0 spiro atoms. The molecule has 0 aromatic rings. The van der Waals surface area contributed by atoms with Crippen LogP contribution in [0, 0.1) is 0 Å². The van der Waals surface area contributed by atoms with Gasteiger partial charge in [-0.2, -0.15) is 11.8 Å². The van der Waals surface area contributed by atoms with Gasteiger partial charge in [-0.25, -0.2) is 0 Å². The number of hydrogen-bond donors (Lipinski definition) is 4. The van der Waals surface area contributed by atoms with Gasteiger partial charge in [0.2, 0.25) is 23.0 Å². The maximum atomic E-state index is 12.0. The molecule has 4 amide bonds. The Bertz CT molecular complexity index is 679. The zero-order valence-electron chi connectivity index (χ0n) is 15.8. The van der Waals surface area contributed by atoms with Crippen molar-refractivity contribution >= 4 is 47.0 Å². The van der Waals surface area contributed by atoms with Crippen LogP contribution < -0.4 is 10.6 Å². The van der Waals surface area contributed by atoms with Gasteiger partial charge in [0.25, 0.3) is 11.8 Å². The molecule has 0 aromatic carbocycles. The number of nitrogens with one attached hydrogen (secondary N) is 2. The Morgan fingerprint density at radius 1 is 0.759 bits per heavy atom. The second kappa shape index (κ2) is 9.59. The fraction of sp³-hybridized carbons (Fsp3) is 0.667. The van der Waals surface area contributed by atoms with E-state index in [2.05, 4.69) is 0 Å². The topological polar surface area (TPSA) is 167 Å². The molecule has 0 saturated carbocycles. The number of rotatable bonds is 12. The number of unbranched alkanes of at least 4 members (excludes halogenated alkanes) is 2. The van der Waals surface area contributed by atoms with E-state index < -0.39 is 59.2 Å². The molecule has 2 heterocycles. The number of carbonyl (C=O) groups is 6. The van der Waals surface area contributed by atoms with Crippen LogP contribution in [0.15, 0.2) is 0 Å². The van der Waals surface area contributed by atoms with Gasteiger partial charge < -0.3 is 10.2 Å². The molecule has 0 radical (unpaired) electrons. The van der Waals surface area contributed by atoms with Crippen molar-refractivity contribution in [3.8, 4) is 0 Å². The van der Waals surface area contributed by atoms with E-state index in [0.717, 1.165) is 11.5 Å². The third-order valence-corrected chi connectivity index (χ3v) is 6.05. The maximum absolute atomic E-state index is 12.0. The third-order valence-electron chi connectivity index (χ3n) is 4.90. The molecule has 0 bridgehead atoms. The van der Waals surface area contributed by atoms with E-state index in [4.69, 9.17) is 0 Å². The molecule has 160 valence electrons. The molecule has 10 nitrogen and oxygen atoms in total. The van der Waals surface area contributed by atoms with Crippen LogP contribution in [0.25, 0.3) is 0 Å². The van der Waals surface area contributed by atoms with Crippen LogP contribution in [-0.2, 0) is 28.8 Å². The zero-order valence-corrected chi connectivity index (χ0v) is 16.6. The highest BCUT2D eigenvalue weighted by Gasteiger charge is 2.51. The van der Waals surface area contributed by atoms with Crippen molar-refractivity contribution in [3.05, 3.63) is 0 Å². The second-order valence-electron chi connectivity index (χ2n) is 7.20. The monoisotopic (exact) mass is 428 g/mol. The molecule has 2 atom stereocenters. The van der Waals surface area contributed by atoms with Crippen molar-refractivity contribution in [2.45, 2.75) is 62.6 Å².